The van der Waals surface area contributed by atoms with Crippen molar-refractivity contribution in [2.24, 2.45) is 10.2 Å². The van der Waals surface area contributed by atoms with E-state index in [1.807, 2.05) is 6.92 Å². The molecule has 0 aliphatic carbocycles. The van der Waals surface area contributed by atoms with Crippen molar-refractivity contribution in [3.8, 4) is 0 Å². The van der Waals surface area contributed by atoms with Crippen molar-refractivity contribution in [1.29, 1.82) is 0 Å². The van der Waals surface area contributed by atoms with E-state index in [1.165, 1.54) is 4.90 Å². The Balaban J connectivity index is 2.40. The number of aliphatic hydroxyl groups is 1. The van der Waals surface area contributed by atoms with Crippen LogP contribution in [-0.4, -0.2) is 38.9 Å². The number of carboxylic acids is 1. The highest BCUT2D eigenvalue weighted by molar-refractivity contribution is 6.38. The highest BCUT2D eigenvalue weighted by Crippen LogP contribution is 2.16. The smallest absolute Gasteiger partial charge is 0.356 e. The summed E-state index contributed by atoms with van der Waals surface area (Å²) < 4.78 is 0. The number of aliphatic carboxylic acids is 1. The molecule has 2 aliphatic rings. The summed E-state index contributed by atoms with van der Waals surface area (Å²) in [7, 11) is 0. The zero-order valence-electron chi connectivity index (χ0n) is 7.95. The summed E-state index contributed by atoms with van der Waals surface area (Å²) in [4.78, 5) is 12.0. The molecule has 1 atom stereocenters. The maximum Gasteiger partial charge on any atom is 0.356 e. The van der Waals surface area contributed by atoms with Crippen LogP contribution in [0.3, 0.4) is 0 Å². The van der Waals surface area contributed by atoms with E-state index >= 15 is 0 Å². The number of hydrogen-bond acceptors (Lipinski definition) is 5. The molecule has 0 aromatic heterocycles. The van der Waals surface area contributed by atoms with Crippen LogP contribution in [0.2, 0.25) is 0 Å². The first-order chi connectivity index (χ1) is 7.09. The average Bonchev–Trinajstić information content (AvgIpc) is 2.17. The second kappa shape index (κ2) is 3.32. The molecular weight excluding hydrogens is 198 g/mol. The van der Waals surface area contributed by atoms with Gasteiger partial charge in [0, 0.05) is 6.20 Å². The summed E-state index contributed by atoms with van der Waals surface area (Å²) in [6.45, 7) is 1.87. The molecule has 0 amide bonds. The standard InChI is InChI=1S/C9H9N3O3/c1-5-2-3-12-6(4-5)10-11-7(8(12)13)9(14)15/h2-4,8,13H,1H3,(H,14,15). The highest BCUT2D eigenvalue weighted by atomic mass is 16.4. The van der Waals surface area contributed by atoms with Gasteiger partial charge >= 0.3 is 5.97 Å². The monoisotopic (exact) mass is 207 g/mol. The van der Waals surface area contributed by atoms with Gasteiger partial charge in [-0.25, -0.2) is 4.79 Å². The maximum atomic E-state index is 10.7. The Hall–Kier alpha value is -1.95. The highest BCUT2D eigenvalue weighted by Gasteiger charge is 2.31. The topological polar surface area (TPSA) is 85.5 Å². The van der Waals surface area contributed by atoms with Crippen molar-refractivity contribution in [1.82, 2.24) is 4.90 Å². The molecule has 0 bridgehead atoms. The molecule has 2 N–H and O–H groups in total. The fourth-order valence-electron chi connectivity index (χ4n) is 1.33. The molecule has 2 heterocycles. The van der Waals surface area contributed by atoms with E-state index in [9.17, 15) is 9.90 Å². The second-order valence-corrected chi connectivity index (χ2v) is 3.23. The molecule has 2 rings (SSSR count). The van der Waals surface area contributed by atoms with Crippen LogP contribution in [0.5, 0.6) is 0 Å². The molecule has 0 radical (unpaired) electrons. The summed E-state index contributed by atoms with van der Waals surface area (Å²) in [6, 6.07) is 0. The van der Waals surface area contributed by atoms with Crippen molar-refractivity contribution in [2.75, 3.05) is 0 Å². The van der Waals surface area contributed by atoms with E-state index in [0.29, 0.717) is 5.84 Å². The number of carboxylic acid groups (broad SMARTS) is 1. The van der Waals surface area contributed by atoms with Crippen LogP contribution in [0.25, 0.3) is 0 Å². The fourth-order valence-corrected chi connectivity index (χ4v) is 1.33. The number of nitrogens with zero attached hydrogens (tertiary/aromatic N) is 3. The molecule has 2 aliphatic heterocycles. The molecule has 0 saturated heterocycles. The minimum Gasteiger partial charge on any atom is -0.477 e. The van der Waals surface area contributed by atoms with Gasteiger partial charge in [-0.15, -0.1) is 10.2 Å². The van der Waals surface area contributed by atoms with Crippen LogP contribution < -0.4 is 0 Å². The summed E-state index contributed by atoms with van der Waals surface area (Å²) in [5, 5.41) is 25.6. The maximum absolute atomic E-state index is 10.7. The molecule has 15 heavy (non-hydrogen) atoms. The Morgan fingerprint density at radius 2 is 2.27 bits per heavy atom. The van der Waals surface area contributed by atoms with Gasteiger partial charge in [0.1, 0.15) is 0 Å². The number of allylic oxidation sites excluding steroid dienone is 2. The van der Waals surface area contributed by atoms with Crippen molar-refractivity contribution in [3.63, 3.8) is 0 Å². The van der Waals surface area contributed by atoms with Gasteiger partial charge in [-0.2, -0.15) is 0 Å². The zero-order valence-corrected chi connectivity index (χ0v) is 7.95. The molecule has 0 aromatic carbocycles. The van der Waals surface area contributed by atoms with E-state index in [4.69, 9.17) is 5.11 Å². The molecular formula is C9H9N3O3. The Labute approximate surface area is 85.5 Å². The summed E-state index contributed by atoms with van der Waals surface area (Å²) in [5.41, 5.74) is 0.586. The average molecular weight is 207 g/mol. The van der Waals surface area contributed by atoms with E-state index in [0.717, 1.165) is 5.57 Å². The quantitative estimate of drug-likeness (QED) is 0.630. The largest absolute Gasteiger partial charge is 0.477 e. The predicted molar refractivity (Wildman–Crippen MR) is 53.2 cm³/mol. The SMILES string of the molecule is CC1=CC2=NN=C(C(=O)O)C(O)N2C=C1. The lowest BCUT2D eigenvalue weighted by Crippen LogP contribution is -2.46. The van der Waals surface area contributed by atoms with E-state index < -0.39 is 12.2 Å². The third kappa shape index (κ3) is 1.55. The van der Waals surface area contributed by atoms with Gasteiger partial charge in [0.25, 0.3) is 0 Å². The first-order valence-electron chi connectivity index (χ1n) is 4.31. The minimum absolute atomic E-state index is 0.378. The van der Waals surface area contributed by atoms with Crippen molar-refractivity contribution in [3.05, 3.63) is 23.9 Å². The predicted octanol–water partition coefficient (Wildman–Crippen LogP) is -0.0669. The first-order valence-corrected chi connectivity index (χ1v) is 4.31. The second-order valence-electron chi connectivity index (χ2n) is 3.23. The Bertz CT molecular complexity index is 434. The molecule has 6 heteroatoms. The number of rotatable bonds is 1. The molecule has 0 fully saturated rings. The van der Waals surface area contributed by atoms with Crippen molar-refractivity contribution in [2.45, 2.75) is 13.2 Å². The van der Waals surface area contributed by atoms with Gasteiger partial charge in [-0.3, -0.25) is 4.90 Å². The number of hydrogen-bond donors (Lipinski definition) is 2. The summed E-state index contributed by atoms with van der Waals surface area (Å²) in [6.07, 6.45) is 3.77. The number of amidine groups is 1. The summed E-state index contributed by atoms with van der Waals surface area (Å²) >= 11 is 0. The normalized spacial score (nSPS) is 24.0. The lowest BCUT2D eigenvalue weighted by Gasteiger charge is -2.29. The van der Waals surface area contributed by atoms with E-state index in [2.05, 4.69) is 10.2 Å². The van der Waals surface area contributed by atoms with Crippen LogP contribution in [-0.2, 0) is 4.79 Å². The molecule has 0 saturated carbocycles. The zero-order chi connectivity index (χ0) is 11.0. The summed E-state index contributed by atoms with van der Waals surface area (Å²) in [5.74, 6) is -0.836. The molecule has 6 nitrogen and oxygen atoms in total. The number of fused-ring (bicyclic) bond motifs is 1. The van der Waals surface area contributed by atoms with Gasteiger partial charge in [-0.1, -0.05) is 0 Å². The number of carbonyl (C=O) groups is 1. The van der Waals surface area contributed by atoms with Crippen molar-refractivity contribution < 1.29 is 15.0 Å². The minimum atomic E-state index is -1.28. The molecule has 0 aromatic rings. The Kier molecular flexibility index (Phi) is 2.12. The molecule has 78 valence electrons. The van der Waals surface area contributed by atoms with Crippen LogP contribution in [0.4, 0.5) is 0 Å². The van der Waals surface area contributed by atoms with Crippen LogP contribution in [0.15, 0.2) is 34.1 Å². The van der Waals surface area contributed by atoms with Gasteiger partial charge in [-0.05, 0) is 24.6 Å². The fraction of sp³-hybridized carbons (Fsp3) is 0.222. The third-order valence-corrected chi connectivity index (χ3v) is 2.11. The molecule has 1 unspecified atom stereocenters. The lowest BCUT2D eigenvalue weighted by atomic mass is 10.1. The molecule has 0 spiro atoms. The van der Waals surface area contributed by atoms with Crippen LogP contribution in [0, 0.1) is 0 Å². The Morgan fingerprint density at radius 3 is 2.93 bits per heavy atom. The van der Waals surface area contributed by atoms with E-state index in [1.54, 1.807) is 18.4 Å². The van der Waals surface area contributed by atoms with Gasteiger partial charge < -0.3 is 10.2 Å². The van der Waals surface area contributed by atoms with Crippen molar-refractivity contribution >= 4 is 17.5 Å². The van der Waals surface area contributed by atoms with Crippen LogP contribution >= 0.6 is 0 Å². The van der Waals surface area contributed by atoms with Gasteiger partial charge in [0.2, 0.25) is 0 Å². The Morgan fingerprint density at radius 1 is 1.53 bits per heavy atom. The lowest BCUT2D eigenvalue weighted by molar-refractivity contribution is -0.130. The van der Waals surface area contributed by atoms with Crippen LogP contribution in [0.1, 0.15) is 6.92 Å². The first kappa shape index (κ1) is 9.60. The number of aliphatic hydroxyl groups excluding tert-OH is 1. The van der Waals surface area contributed by atoms with Gasteiger partial charge in [0.15, 0.2) is 17.8 Å². The van der Waals surface area contributed by atoms with E-state index in [-0.39, 0.29) is 5.71 Å². The third-order valence-electron chi connectivity index (χ3n) is 2.11. The van der Waals surface area contributed by atoms with Gasteiger partial charge in [0.05, 0.1) is 0 Å².